The van der Waals surface area contributed by atoms with Crippen molar-refractivity contribution in [3.05, 3.63) is 34.1 Å². The molecule has 2 atom stereocenters. The van der Waals surface area contributed by atoms with Gasteiger partial charge in [-0.2, -0.15) is 0 Å². The Morgan fingerprint density at radius 2 is 2.11 bits per heavy atom. The minimum absolute atomic E-state index is 0. The highest BCUT2D eigenvalue weighted by Gasteiger charge is 2.14. The Bertz CT molecular complexity index is 431. The lowest BCUT2D eigenvalue weighted by atomic mass is 10.1. The van der Waals surface area contributed by atoms with E-state index in [0.29, 0.717) is 17.4 Å². The summed E-state index contributed by atoms with van der Waals surface area (Å²) in [7, 11) is 0. The average molecular weight is 354 g/mol. The van der Waals surface area contributed by atoms with Gasteiger partial charge in [0.1, 0.15) is 5.82 Å². The molecule has 0 saturated heterocycles. The SMILES string of the molecule is CC(Cc1ccc(F)c(Br)c1)NC(=O)C(C)CN.Cl. The molecule has 1 rings (SSSR count). The monoisotopic (exact) mass is 352 g/mol. The van der Waals surface area contributed by atoms with Gasteiger partial charge in [0.25, 0.3) is 0 Å². The molecule has 0 heterocycles. The molecule has 0 radical (unpaired) electrons. The summed E-state index contributed by atoms with van der Waals surface area (Å²) >= 11 is 3.14. The third-order valence-electron chi connectivity index (χ3n) is 2.72. The van der Waals surface area contributed by atoms with Crippen LogP contribution in [-0.4, -0.2) is 18.5 Å². The fourth-order valence-electron chi connectivity index (χ4n) is 1.56. The van der Waals surface area contributed by atoms with Gasteiger partial charge in [0.05, 0.1) is 4.47 Å². The minimum Gasteiger partial charge on any atom is -0.353 e. The number of benzene rings is 1. The predicted molar refractivity (Wildman–Crippen MR) is 80.9 cm³/mol. The number of carbonyl (C=O) groups is 1. The van der Waals surface area contributed by atoms with Gasteiger partial charge in [0.15, 0.2) is 0 Å². The van der Waals surface area contributed by atoms with Crippen LogP contribution in [0.25, 0.3) is 0 Å². The first-order valence-corrected chi connectivity index (χ1v) is 6.67. The van der Waals surface area contributed by atoms with E-state index in [1.807, 2.05) is 6.92 Å². The van der Waals surface area contributed by atoms with Crippen molar-refractivity contribution in [1.29, 1.82) is 0 Å². The third-order valence-corrected chi connectivity index (χ3v) is 3.32. The number of amides is 1. The van der Waals surface area contributed by atoms with E-state index in [-0.39, 0.29) is 36.1 Å². The van der Waals surface area contributed by atoms with E-state index in [1.54, 1.807) is 19.1 Å². The molecule has 0 fully saturated rings. The number of hydrogen-bond acceptors (Lipinski definition) is 2. The molecule has 6 heteroatoms. The zero-order valence-electron chi connectivity index (χ0n) is 11.0. The molecule has 108 valence electrons. The van der Waals surface area contributed by atoms with Crippen molar-refractivity contribution in [1.82, 2.24) is 5.32 Å². The smallest absolute Gasteiger partial charge is 0.224 e. The summed E-state index contributed by atoms with van der Waals surface area (Å²) in [4.78, 5) is 11.6. The number of hydrogen-bond donors (Lipinski definition) is 2. The van der Waals surface area contributed by atoms with Crippen molar-refractivity contribution in [3.8, 4) is 0 Å². The predicted octanol–water partition coefficient (Wildman–Crippen LogP) is 2.65. The Labute approximate surface area is 127 Å². The second kappa shape index (κ2) is 8.51. The zero-order valence-corrected chi connectivity index (χ0v) is 13.4. The van der Waals surface area contributed by atoms with E-state index in [1.165, 1.54) is 6.07 Å². The molecular formula is C13H19BrClFN2O. The van der Waals surface area contributed by atoms with Crippen LogP contribution in [0.4, 0.5) is 4.39 Å². The van der Waals surface area contributed by atoms with E-state index < -0.39 is 0 Å². The molecule has 0 spiro atoms. The van der Waals surface area contributed by atoms with Gasteiger partial charge in [0.2, 0.25) is 5.91 Å². The van der Waals surface area contributed by atoms with Gasteiger partial charge in [-0.05, 0) is 47.0 Å². The van der Waals surface area contributed by atoms with Gasteiger partial charge in [-0.3, -0.25) is 4.79 Å². The quantitative estimate of drug-likeness (QED) is 0.855. The lowest BCUT2D eigenvalue weighted by Crippen LogP contribution is -2.39. The number of carbonyl (C=O) groups excluding carboxylic acids is 1. The van der Waals surface area contributed by atoms with E-state index in [0.717, 1.165) is 5.56 Å². The average Bonchev–Trinajstić information content (AvgIpc) is 2.32. The zero-order chi connectivity index (χ0) is 13.7. The van der Waals surface area contributed by atoms with Crippen LogP contribution < -0.4 is 11.1 Å². The maximum Gasteiger partial charge on any atom is 0.224 e. The largest absolute Gasteiger partial charge is 0.353 e. The molecule has 0 aliphatic heterocycles. The standard InChI is InChI=1S/C13H18BrFN2O.ClH/c1-8(7-16)13(18)17-9(2)5-10-3-4-12(15)11(14)6-10;/h3-4,6,8-9H,5,7,16H2,1-2H3,(H,17,18);1H. The van der Waals surface area contributed by atoms with Gasteiger partial charge in [-0.15, -0.1) is 12.4 Å². The fourth-order valence-corrected chi connectivity index (χ4v) is 1.99. The summed E-state index contributed by atoms with van der Waals surface area (Å²) < 4.78 is 13.5. The van der Waals surface area contributed by atoms with Gasteiger partial charge in [0, 0.05) is 18.5 Å². The molecule has 1 aromatic carbocycles. The van der Waals surface area contributed by atoms with Crippen LogP contribution in [0.15, 0.2) is 22.7 Å². The highest BCUT2D eigenvalue weighted by Crippen LogP contribution is 2.17. The number of nitrogens with two attached hydrogens (primary N) is 1. The van der Waals surface area contributed by atoms with Crippen LogP contribution in [0.3, 0.4) is 0 Å². The van der Waals surface area contributed by atoms with E-state index in [9.17, 15) is 9.18 Å². The van der Waals surface area contributed by atoms with Crippen molar-refractivity contribution in [3.63, 3.8) is 0 Å². The molecule has 0 aliphatic rings. The van der Waals surface area contributed by atoms with Crippen LogP contribution in [0.1, 0.15) is 19.4 Å². The van der Waals surface area contributed by atoms with Crippen LogP contribution in [-0.2, 0) is 11.2 Å². The number of rotatable bonds is 5. The lowest BCUT2D eigenvalue weighted by Gasteiger charge is -2.17. The normalized spacial score (nSPS) is 13.3. The summed E-state index contributed by atoms with van der Waals surface area (Å²) in [5.74, 6) is -0.522. The van der Waals surface area contributed by atoms with Crippen molar-refractivity contribution < 1.29 is 9.18 Å². The fraction of sp³-hybridized carbons (Fsp3) is 0.462. The molecule has 0 bridgehead atoms. The first-order valence-electron chi connectivity index (χ1n) is 5.88. The highest BCUT2D eigenvalue weighted by molar-refractivity contribution is 9.10. The molecule has 3 nitrogen and oxygen atoms in total. The molecule has 19 heavy (non-hydrogen) atoms. The van der Waals surface area contributed by atoms with Crippen LogP contribution in [0.2, 0.25) is 0 Å². The highest BCUT2D eigenvalue weighted by atomic mass is 79.9. The first kappa shape index (κ1) is 18.4. The second-order valence-corrected chi connectivity index (χ2v) is 5.35. The van der Waals surface area contributed by atoms with Crippen LogP contribution >= 0.6 is 28.3 Å². The topological polar surface area (TPSA) is 55.1 Å². The molecule has 0 aliphatic carbocycles. The molecular weight excluding hydrogens is 335 g/mol. The van der Waals surface area contributed by atoms with E-state index >= 15 is 0 Å². The van der Waals surface area contributed by atoms with Crippen LogP contribution in [0, 0.1) is 11.7 Å². The Morgan fingerprint density at radius 3 is 2.63 bits per heavy atom. The van der Waals surface area contributed by atoms with Crippen molar-refractivity contribution in [2.75, 3.05) is 6.54 Å². The number of halogens is 3. The van der Waals surface area contributed by atoms with Crippen molar-refractivity contribution in [2.45, 2.75) is 26.3 Å². The maximum absolute atomic E-state index is 13.1. The summed E-state index contributed by atoms with van der Waals surface area (Å²) in [6.07, 6.45) is 0.655. The Hall–Kier alpha value is -0.650. The molecule has 3 N–H and O–H groups in total. The Balaban J connectivity index is 0.00000324. The van der Waals surface area contributed by atoms with Crippen LogP contribution in [0.5, 0.6) is 0 Å². The molecule has 0 saturated carbocycles. The molecule has 1 aromatic rings. The summed E-state index contributed by atoms with van der Waals surface area (Å²) in [5, 5.41) is 2.89. The second-order valence-electron chi connectivity index (χ2n) is 4.50. The van der Waals surface area contributed by atoms with Gasteiger partial charge in [-0.1, -0.05) is 13.0 Å². The van der Waals surface area contributed by atoms with E-state index in [4.69, 9.17) is 5.73 Å². The van der Waals surface area contributed by atoms with E-state index in [2.05, 4.69) is 21.2 Å². The summed E-state index contributed by atoms with van der Waals surface area (Å²) in [6.45, 7) is 4.04. The Kier molecular flexibility index (Phi) is 8.22. The van der Waals surface area contributed by atoms with Gasteiger partial charge in [-0.25, -0.2) is 4.39 Å². The molecule has 1 amide bonds. The molecule has 2 unspecified atom stereocenters. The maximum atomic E-state index is 13.1. The number of nitrogens with one attached hydrogen (secondary N) is 1. The summed E-state index contributed by atoms with van der Waals surface area (Å²) in [6, 6.07) is 4.85. The summed E-state index contributed by atoms with van der Waals surface area (Å²) in [5.41, 5.74) is 6.40. The molecule has 0 aromatic heterocycles. The Morgan fingerprint density at radius 1 is 1.47 bits per heavy atom. The minimum atomic E-state index is -0.285. The first-order chi connectivity index (χ1) is 8.43. The van der Waals surface area contributed by atoms with Crippen molar-refractivity contribution in [2.24, 2.45) is 11.7 Å². The third kappa shape index (κ3) is 5.89. The van der Waals surface area contributed by atoms with Crippen molar-refractivity contribution >= 4 is 34.2 Å². The van der Waals surface area contributed by atoms with Gasteiger partial charge < -0.3 is 11.1 Å². The van der Waals surface area contributed by atoms with Gasteiger partial charge >= 0.3 is 0 Å². The lowest BCUT2D eigenvalue weighted by molar-refractivity contribution is -0.124.